The van der Waals surface area contributed by atoms with Crippen molar-refractivity contribution >= 4 is 28.5 Å². The smallest absolute Gasteiger partial charge is 0.249 e. The molecule has 2 amide bonds. The molecule has 1 N–H and O–H groups in total. The molecule has 0 saturated carbocycles. The van der Waals surface area contributed by atoms with Gasteiger partial charge in [0, 0.05) is 17.3 Å². The molecule has 0 spiro atoms. The van der Waals surface area contributed by atoms with E-state index in [1.54, 1.807) is 48.2 Å². The summed E-state index contributed by atoms with van der Waals surface area (Å²) in [5, 5.41) is 11.4. The topological polar surface area (TPSA) is 98.6 Å². The number of amides is 2. The van der Waals surface area contributed by atoms with Gasteiger partial charge in [-0.3, -0.25) is 14.5 Å². The molecule has 0 radical (unpaired) electrons. The second-order valence-corrected chi connectivity index (χ2v) is 9.85. The fourth-order valence-electron chi connectivity index (χ4n) is 4.23. The molecular weight excluding hydrogens is 482 g/mol. The number of anilines is 1. The van der Waals surface area contributed by atoms with E-state index in [-0.39, 0.29) is 18.4 Å². The highest BCUT2D eigenvalue weighted by Crippen LogP contribution is 2.33. The summed E-state index contributed by atoms with van der Waals surface area (Å²) in [6, 6.07) is 20.8. The van der Waals surface area contributed by atoms with Crippen LogP contribution in [-0.2, 0) is 16.1 Å². The lowest BCUT2D eigenvalue weighted by Crippen LogP contribution is -2.50. The number of hydrogen-bond acceptors (Lipinski definition) is 6. The highest BCUT2D eigenvalue weighted by atomic mass is 16.5. The third kappa shape index (κ3) is 6.11. The van der Waals surface area contributed by atoms with Crippen LogP contribution in [0.3, 0.4) is 0 Å². The largest absolute Gasteiger partial charge is 0.497 e. The minimum atomic E-state index is -0.997. The minimum absolute atomic E-state index is 0.122. The van der Waals surface area contributed by atoms with Crippen LogP contribution in [0.4, 0.5) is 5.69 Å². The van der Waals surface area contributed by atoms with Gasteiger partial charge in [-0.2, -0.15) is 0 Å². The molecule has 4 aromatic rings. The van der Waals surface area contributed by atoms with E-state index < -0.39 is 11.6 Å². The molecule has 0 saturated heterocycles. The normalized spacial score (nSPS) is 12.1. The monoisotopic (exact) mass is 515 g/mol. The van der Waals surface area contributed by atoms with Gasteiger partial charge in [0.2, 0.25) is 11.8 Å². The summed E-state index contributed by atoms with van der Waals surface area (Å²) in [6.45, 7) is 7.93. The Hall–Kier alpha value is -4.40. The molecule has 9 heteroatoms. The van der Waals surface area contributed by atoms with E-state index in [4.69, 9.17) is 9.47 Å². The number of ether oxygens (including phenoxy) is 2. The van der Waals surface area contributed by atoms with E-state index in [2.05, 4.69) is 15.6 Å². The van der Waals surface area contributed by atoms with Crippen molar-refractivity contribution in [3.8, 4) is 11.5 Å². The Bertz CT molecular complexity index is 1430. The summed E-state index contributed by atoms with van der Waals surface area (Å²) in [7, 11) is 1.56. The van der Waals surface area contributed by atoms with Crippen LogP contribution in [0.15, 0.2) is 72.8 Å². The van der Waals surface area contributed by atoms with Gasteiger partial charge in [-0.05, 0) is 69.7 Å². The van der Waals surface area contributed by atoms with Gasteiger partial charge in [-0.25, -0.2) is 4.68 Å². The van der Waals surface area contributed by atoms with E-state index in [0.29, 0.717) is 34.9 Å². The first kappa shape index (κ1) is 26.7. The lowest BCUT2D eigenvalue weighted by Gasteiger charge is -2.34. The van der Waals surface area contributed by atoms with Crippen molar-refractivity contribution in [1.82, 2.24) is 20.3 Å². The molecule has 1 unspecified atom stereocenters. The first-order valence-corrected chi connectivity index (χ1v) is 12.5. The highest BCUT2D eigenvalue weighted by molar-refractivity contribution is 6.02. The van der Waals surface area contributed by atoms with Gasteiger partial charge >= 0.3 is 0 Å². The third-order valence-electron chi connectivity index (χ3n) is 5.80. The zero-order valence-electron chi connectivity index (χ0n) is 22.3. The van der Waals surface area contributed by atoms with E-state index in [0.717, 1.165) is 5.52 Å². The Labute approximate surface area is 222 Å². The van der Waals surface area contributed by atoms with Crippen molar-refractivity contribution in [3.05, 3.63) is 78.4 Å². The summed E-state index contributed by atoms with van der Waals surface area (Å²) in [5.74, 6) is 0.499. The van der Waals surface area contributed by atoms with Crippen molar-refractivity contribution in [2.45, 2.75) is 45.8 Å². The molecule has 1 heterocycles. The van der Waals surface area contributed by atoms with Crippen LogP contribution in [0.1, 0.15) is 39.3 Å². The maximum Gasteiger partial charge on any atom is 0.249 e. The molecule has 198 valence electrons. The molecule has 0 aliphatic heterocycles. The molecule has 38 heavy (non-hydrogen) atoms. The number of carbonyl (C=O) groups excluding carboxylic acids is 2. The van der Waals surface area contributed by atoms with Crippen LogP contribution in [0, 0.1) is 0 Å². The van der Waals surface area contributed by atoms with Gasteiger partial charge in [0.15, 0.2) is 0 Å². The van der Waals surface area contributed by atoms with Crippen molar-refractivity contribution in [1.29, 1.82) is 0 Å². The molecule has 1 atom stereocenters. The number of rotatable bonds is 9. The molecule has 0 fully saturated rings. The molecular formula is C29H33N5O4. The van der Waals surface area contributed by atoms with Gasteiger partial charge in [-0.15, -0.1) is 5.10 Å². The van der Waals surface area contributed by atoms with Crippen LogP contribution < -0.4 is 19.7 Å². The predicted molar refractivity (Wildman–Crippen MR) is 146 cm³/mol. The lowest BCUT2D eigenvalue weighted by molar-refractivity contribution is -0.128. The fraction of sp³-hybridized carbons (Fsp3) is 0.310. The molecule has 9 nitrogen and oxygen atoms in total. The average molecular weight is 516 g/mol. The summed E-state index contributed by atoms with van der Waals surface area (Å²) < 4.78 is 12.7. The Kier molecular flexibility index (Phi) is 7.95. The van der Waals surface area contributed by atoms with Crippen LogP contribution in [0.25, 0.3) is 11.0 Å². The fourth-order valence-corrected chi connectivity index (χ4v) is 4.23. The van der Waals surface area contributed by atoms with Gasteiger partial charge in [0.25, 0.3) is 0 Å². The first-order valence-electron chi connectivity index (χ1n) is 12.5. The maximum atomic E-state index is 14.1. The van der Waals surface area contributed by atoms with Crippen molar-refractivity contribution in [2.75, 3.05) is 18.6 Å². The number of methoxy groups -OCH3 is 1. The van der Waals surface area contributed by atoms with Crippen molar-refractivity contribution in [3.63, 3.8) is 0 Å². The number of nitrogens with zero attached hydrogens (tertiary/aromatic N) is 4. The average Bonchev–Trinajstić information content (AvgIpc) is 3.29. The Morgan fingerprint density at radius 1 is 1.00 bits per heavy atom. The third-order valence-corrected chi connectivity index (χ3v) is 5.80. The number of benzene rings is 3. The number of fused-ring (bicyclic) bond motifs is 1. The van der Waals surface area contributed by atoms with Crippen LogP contribution in [-0.4, -0.2) is 46.1 Å². The second-order valence-electron chi connectivity index (χ2n) is 9.85. The highest BCUT2D eigenvalue weighted by Gasteiger charge is 2.35. The first-order chi connectivity index (χ1) is 18.2. The Morgan fingerprint density at radius 2 is 1.74 bits per heavy atom. The molecule has 1 aromatic heterocycles. The van der Waals surface area contributed by atoms with Crippen LogP contribution in [0.5, 0.6) is 11.5 Å². The number of hydrogen-bond donors (Lipinski definition) is 1. The lowest BCUT2D eigenvalue weighted by atomic mass is 10.0. The minimum Gasteiger partial charge on any atom is -0.497 e. The summed E-state index contributed by atoms with van der Waals surface area (Å²) >= 11 is 0. The zero-order valence-corrected chi connectivity index (χ0v) is 22.3. The van der Waals surface area contributed by atoms with Crippen molar-refractivity contribution in [2.24, 2.45) is 0 Å². The number of para-hydroxylation sites is 1. The summed E-state index contributed by atoms with van der Waals surface area (Å²) in [6.07, 6.45) is 0. The summed E-state index contributed by atoms with van der Waals surface area (Å²) in [5.41, 5.74) is 1.99. The zero-order chi connectivity index (χ0) is 27.3. The second kappa shape index (κ2) is 11.3. The molecule has 0 aliphatic carbocycles. The van der Waals surface area contributed by atoms with E-state index in [1.807, 2.05) is 64.1 Å². The van der Waals surface area contributed by atoms with E-state index in [1.165, 1.54) is 4.90 Å². The SMILES string of the molecule is CCOc1cccc(N(C(=O)Cn2nnc3ccccc32)C(C(=O)NC(C)(C)C)c2cccc(OC)c2)c1. The maximum absolute atomic E-state index is 14.1. The predicted octanol–water partition coefficient (Wildman–Crippen LogP) is 4.53. The molecule has 4 rings (SSSR count). The van der Waals surface area contributed by atoms with Crippen molar-refractivity contribution < 1.29 is 19.1 Å². The van der Waals surface area contributed by atoms with Gasteiger partial charge in [-0.1, -0.05) is 35.5 Å². The summed E-state index contributed by atoms with van der Waals surface area (Å²) in [4.78, 5) is 29.5. The molecule has 0 aliphatic rings. The number of nitrogens with one attached hydrogen (secondary N) is 1. The number of carbonyl (C=O) groups is 2. The van der Waals surface area contributed by atoms with E-state index >= 15 is 0 Å². The Morgan fingerprint density at radius 3 is 2.47 bits per heavy atom. The van der Waals surface area contributed by atoms with Crippen LogP contribution in [0.2, 0.25) is 0 Å². The standard InChI is InChI=1S/C29H33N5O4/c1-6-38-23-14-10-12-21(18-23)34(26(35)19-33-25-16-8-7-15-24(25)31-32-33)27(28(36)30-29(2,3)4)20-11-9-13-22(17-20)37-5/h7-18,27H,6,19H2,1-5H3,(H,30,36). The number of aromatic nitrogens is 3. The van der Waals surface area contributed by atoms with Gasteiger partial charge in [0.05, 0.1) is 19.2 Å². The quantitative estimate of drug-likeness (QED) is 0.352. The molecule has 0 bridgehead atoms. The van der Waals surface area contributed by atoms with E-state index in [9.17, 15) is 9.59 Å². The van der Waals surface area contributed by atoms with Gasteiger partial charge < -0.3 is 14.8 Å². The molecule has 3 aromatic carbocycles. The van der Waals surface area contributed by atoms with Crippen LogP contribution >= 0.6 is 0 Å². The van der Waals surface area contributed by atoms with Gasteiger partial charge in [0.1, 0.15) is 29.6 Å². The Balaban J connectivity index is 1.85.